The first kappa shape index (κ1) is 21.9. The van der Waals surface area contributed by atoms with Gasteiger partial charge in [-0.15, -0.1) is 0 Å². The van der Waals surface area contributed by atoms with Crippen LogP contribution in [0.25, 0.3) is 11.1 Å². The Labute approximate surface area is 187 Å². The minimum atomic E-state index is -0.235. The van der Waals surface area contributed by atoms with Crippen molar-refractivity contribution in [3.05, 3.63) is 59.9 Å². The van der Waals surface area contributed by atoms with Gasteiger partial charge in [-0.25, -0.2) is 14.4 Å². The third-order valence-electron chi connectivity index (χ3n) is 5.92. The van der Waals surface area contributed by atoms with Crippen LogP contribution < -0.4 is 4.90 Å². The molecule has 1 aliphatic rings. The molecule has 3 aromatic rings. The Morgan fingerprint density at radius 2 is 2.00 bits per heavy atom. The van der Waals surface area contributed by atoms with Gasteiger partial charge in [0, 0.05) is 70.1 Å². The standard InChI is InChI=1S/C24H29FN6O/c1-29(2)24-26-14-21(19-13-27-30(3)15-19)23(28-24)18-11-12-31(16-18)22(32)6-4-5-17-7-9-20(25)10-8-17/h7-10,13-15,18H,4-6,11-12,16H2,1-3H3/t18-/m1/s1. The number of carbonyl (C=O) groups is 1. The molecule has 8 heteroatoms. The maximum Gasteiger partial charge on any atom is 0.225 e. The van der Waals surface area contributed by atoms with Crippen molar-refractivity contribution in [2.75, 3.05) is 32.1 Å². The lowest BCUT2D eigenvalue weighted by Crippen LogP contribution is -2.28. The van der Waals surface area contributed by atoms with Crippen LogP contribution in [0.1, 0.15) is 36.4 Å². The third-order valence-corrected chi connectivity index (χ3v) is 5.92. The molecule has 1 fully saturated rings. The van der Waals surface area contributed by atoms with Crippen LogP contribution in [0.5, 0.6) is 0 Å². The van der Waals surface area contributed by atoms with Crippen LogP contribution in [0.2, 0.25) is 0 Å². The van der Waals surface area contributed by atoms with Crippen molar-refractivity contribution in [2.24, 2.45) is 7.05 Å². The number of nitrogens with zero attached hydrogens (tertiary/aromatic N) is 6. The van der Waals surface area contributed by atoms with Crippen molar-refractivity contribution in [2.45, 2.75) is 31.6 Å². The quantitative estimate of drug-likeness (QED) is 0.568. The fourth-order valence-electron chi connectivity index (χ4n) is 4.16. The molecule has 168 valence electrons. The SMILES string of the molecule is CN(C)c1ncc(-c2cnn(C)c2)c([C@@H]2CCN(C(=O)CCCc3ccc(F)cc3)C2)n1. The van der Waals surface area contributed by atoms with Crippen molar-refractivity contribution in [3.63, 3.8) is 0 Å². The van der Waals surface area contributed by atoms with Crippen LogP contribution in [0.3, 0.4) is 0 Å². The summed E-state index contributed by atoms with van der Waals surface area (Å²) in [5.74, 6) is 0.754. The van der Waals surface area contributed by atoms with Gasteiger partial charge in [-0.05, 0) is 37.0 Å². The largest absolute Gasteiger partial charge is 0.347 e. The zero-order chi connectivity index (χ0) is 22.7. The Bertz CT molecular complexity index is 1080. The highest BCUT2D eigenvalue weighted by molar-refractivity contribution is 5.76. The predicted octanol–water partition coefficient (Wildman–Crippen LogP) is 3.42. The van der Waals surface area contributed by atoms with Crippen molar-refractivity contribution in [3.8, 4) is 11.1 Å². The lowest BCUT2D eigenvalue weighted by Gasteiger charge is -2.19. The Hall–Kier alpha value is -3.29. The molecule has 1 amide bonds. The number of halogens is 1. The van der Waals surface area contributed by atoms with Gasteiger partial charge in [-0.2, -0.15) is 5.10 Å². The number of hydrogen-bond acceptors (Lipinski definition) is 5. The highest BCUT2D eigenvalue weighted by atomic mass is 19.1. The summed E-state index contributed by atoms with van der Waals surface area (Å²) >= 11 is 0. The molecular weight excluding hydrogens is 407 g/mol. The number of likely N-dealkylation sites (tertiary alicyclic amines) is 1. The van der Waals surface area contributed by atoms with Crippen molar-refractivity contribution in [1.29, 1.82) is 0 Å². The molecule has 0 aliphatic carbocycles. The molecule has 1 aromatic carbocycles. The highest BCUT2D eigenvalue weighted by Gasteiger charge is 2.30. The lowest BCUT2D eigenvalue weighted by molar-refractivity contribution is -0.130. The molecular formula is C24H29FN6O. The van der Waals surface area contributed by atoms with Gasteiger partial charge in [-0.3, -0.25) is 9.48 Å². The Kier molecular flexibility index (Phi) is 6.48. The molecule has 1 saturated heterocycles. The van der Waals surface area contributed by atoms with Gasteiger partial charge in [0.1, 0.15) is 5.82 Å². The van der Waals surface area contributed by atoms with E-state index < -0.39 is 0 Å². The summed E-state index contributed by atoms with van der Waals surface area (Å²) in [7, 11) is 5.74. The zero-order valence-electron chi connectivity index (χ0n) is 18.8. The maximum atomic E-state index is 13.0. The number of aryl methyl sites for hydroxylation is 2. The molecule has 4 rings (SSSR count). The fraction of sp³-hybridized carbons (Fsp3) is 0.417. The highest BCUT2D eigenvalue weighted by Crippen LogP contribution is 2.34. The van der Waals surface area contributed by atoms with E-state index in [4.69, 9.17) is 4.98 Å². The van der Waals surface area contributed by atoms with Crippen LogP contribution in [-0.2, 0) is 18.3 Å². The number of benzene rings is 1. The van der Waals surface area contributed by atoms with Crippen LogP contribution in [-0.4, -0.2) is 57.7 Å². The van der Waals surface area contributed by atoms with E-state index in [9.17, 15) is 9.18 Å². The fourth-order valence-corrected chi connectivity index (χ4v) is 4.16. The summed E-state index contributed by atoms with van der Waals surface area (Å²) in [4.78, 5) is 26.0. The number of aromatic nitrogens is 4. The monoisotopic (exact) mass is 436 g/mol. The zero-order valence-corrected chi connectivity index (χ0v) is 18.8. The van der Waals surface area contributed by atoms with Crippen molar-refractivity contribution in [1.82, 2.24) is 24.6 Å². The predicted molar refractivity (Wildman–Crippen MR) is 122 cm³/mol. The molecule has 1 aliphatic heterocycles. The average Bonchev–Trinajstić information content (AvgIpc) is 3.44. The number of anilines is 1. The van der Waals surface area contributed by atoms with Gasteiger partial charge in [-0.1, -0.05) is 12.1 Å². The summed E-state index contributed by atoms with van der Waals surface area (Å²) in [6.45, 7) is 1.39. The number of carbonyl (C=O) groups excluding carboxylic acids is 1. The average molecular weight is 437 g/mol. The molecule has 0 N–H and O–H groups in total. The summed E-state index contributed by atoms with van der Waals surface area (Å²) < 4.78 is 14.8. The second-order valence-electron chi connectivity index (χ2n) is 8.57. The van der Waals surface area contributed by atoms with Gasteiger partial charge in [0.15, 0.2) is 0 Å². The topological polar surface area (TPSA) is 67.2 Å². The van der Waals surface area contributed by atoms with E-state index in [2.05, 4.69) is 10.1 Å². The summed E-state index contributed by atoms with van der Waals surface area (Å²) in [5, 5.41) is 4.29. The molecule has 0 spiro atoms. The lowest BCUT2D eigenvalue weighted by atomic mass is 9.97. The summed E-state index contributed by atoms with van der Waals surface area (Å²) in [6, 6.07) is 6.49. The van der Waals surface area contributed by atoms with E-state index in [0.29, 0.717) is 18.9 Å². The molecule has 1 atom stereocenters. The summed E-state index contributed by atoms with van der Waals surface area (Å²) in [5.41, 5.74) is 3.98. The first-order chi connectivity index (χ1) is 15.4. The minimum Gasteiger partial charge on any atom is -0.347 e. The van der Waals surface area contributed by atoms with E-state index in [1.54, 1.807) is 16.8 Å². The first-order valence-electron chi connectivity index (χ1n) is 11.0. The molecule has 7 nitrogen and oxygen atoms in total. The Morgan fingerprint density at radius 3 is 2.69 bits per heavy atom. The Morgan fingerprint density at radius 1 is 1.22 bits per heavy atom. The van der Waals surface area contributed by atoms with Crippen LogP contribution in [0, 0.1) is 5.82 Å². The Balaban J connectivity index is 1.43. The van der Waals surface area contributed by atoms with Crippen LogP contribution in [0.4, 0.5) is 10.3 Å². The normalized spacial score (nSPS) is 15.9. The van der Waals surface area contributed by atoms with Crippen molar-refractivity contribution >= 4 is 11.9 Å². The van der Waals surface area contributed by atoms with E-state index in [0.717, 1.165) is 48.2 Å². The smallest absolute Gasteiger partial charge is 0.225 e. The van der Waals surface area contributed by atoms with Gasteiger partial charge in [0.25, 0.3) is 0 Å². The van der Waals surface area contributed by atoms with Gasteiger partial charge in [0.2, 0.25) is 11.9 Å². The van der Waals surface area contributed by atoms with Crippen molar-refractivity contribution < 1.29 is 9.18 Å². The minimum absolute atomic E-state index is 0.160. The van der Waals surface area contributed by atoms with Crippen LogP contribution in [0.15, 0.2) is 42.9 Å². The second kappa shape index (κ2) is 9.46. The van der Waals surface area contributed by atoms with Crippen LogP contribution >= 0.6 is 0 Å². The molecule has 2 aromatic heterocycles. The molecule has 0 radical (unpaired) electrons. The van der Waals surface area contributed by atoms with E-state index in [-0.39, 0.29) is 17.6 Å². The van der Waals surface area contributed by atoms with E-state index in [1.807, 2.05) is 49.5 Å². The van der Waals surface area contributed by atoms with E-state index in [1.165, 1.54) is 12.1 Å². The second-order valence-corrected chi connectivity index (χ2v) is 8.57. The van der Waals surface area contributed by atoms with Gasteiger partial charge < -0.3 is 9.80 Å². The molecule has 0 bridgehead atoms. The molecule has 0 unspecified atom stereocenters. The third kappa shape index (κ3) is 4.95. The number of rotatable bonds is 7. The molecule has 0 saturated carbocycles. The molecule has 3 heterocycles. The first-order valence-corrected chi connectivity index (χ1v) is 11.0. The number of amides is 1. The van der Waals surface area contributed by atoms with Gasteiger partial charge in [0.05, 0.1) is 11.9 Å². The maximum absolute atomic E-state index is 13.0. The van der Waals surface area contributed by atoms with E-state index >= 15 is 0 Å². The number of hydrogen-bond donors (Lipinski definition) is 0. The summed E-state index contributed by atoms with van der Waals surface area (Å²) in [6.07, 6.45) is 8.54. The van der Waals surface area contributed by atoms with Gasteiger partial charge >= 0.3 is 0 Å². The molecule has 32 heavy (non-hydrogen) atoms.